The van der Waals surface area contributed by atoms with Gasteiger partial charge in [-0.2, -0.15) is 0 Å². The van der Waals surface area contributed by atoms with Crippen molar-refractivity contribution in [3.05, 3.63) is 12.2 Å². The van der Waals surface area contributed by atoms with Gasteiger partial charge in [0.15, 0.2) is 0 Å². The molecule has 0 aromatic heterocycles. The van der Waals surface area contributed by atoms with Crippen LogP contribution in [0.25, 0.3) is 0 Å². The first-order valence-corrected chi connectivity index (χ1v) is 4.92. The Labute approximate surface area is 88.0 Å². The predicted octanol–water partition coefficient (Wildman–Crippen LogP) is -0.00100. The van der Waals surface area contributed by atoms with E-state index in [0.717, 1.165) is 25.0 Å². The predicted molar refractivity (Wildman–Crippen MR) is 53.2 cm³/mol. The van der Waals surface area contributed by atoms with E-state index in [1.54, 1.807) is 6.92 Å². The molecule has 0 unspecified atom stereocenters. The van der Waals surface area contributed by atoms with Gasteiger partial charge in [0, 0.05) is 18.7 Å². The minimum atomic E-state index is -1.14. The Balaban J connectivity index is 2.62. The lowest BCUT2D eigenvalue weighted by atomic mass is 10.1. The molecular formula is C10H15NO4. The highest BCUT2D eigenvalue weighted by Crippen LogP contribution is 2.20. The van der Waals surface area contributed by atoms with Crippen molar-refractivity contribution >= 4 is 11.9 Å². The van der Waals surface area contributed by atoms with Crippen molar-refractivity contribution < 1.29 is 19.8 Å². The molecule has 1 amide bonds. The maximum Gasteiger partial charge on any atom is 0.328 e. The number of rotatable bonds is 3. The Morgan fingerprint density at radius 3 is 2.67 bits per heavy atom. The van der Waals surface area contributed by atoms with Gasteiger partial charge in [0.05, 0.1) is 12.1 Å². The summed E-state index contributed by atoms with van der Waals surface area (Å²) in [7, 11) is 0. The number of hydrogen-bond donors (Lipinski definition) is 2. The smallest absolute Gasteiger partial charge is 0.328 e. The highest BCUT2D eigenvalue weighted by Gasteiger charge is 2.30. The minimum absolute atomic E-state index is 0.184. The average Bonchev–Trinajstić information content (AvgIpc) is 2.62. The Morgan fingerprint density at radius 2 is 2.13 bits per heavy atom. The zero-order valence-electron chi connectivity index (χ0n) is 8.59. The third-order valence-corrected chi connectivity index (χ3v) is 2.51. The number of carboxylic acids is 1. The standard InChI is InChI=1S/C10H15NO4/c1-7(12)8-3-2-6-11(8)9(13)4-5-10(14)15/h4-5,7-8,12H,2-3,6H2,1H3,(H,14,15)/b5-4+/t7-,8+/m0/s1. The van der Waals surface area contributed by atoms with Gasteiger partial charge in [0.25, 0.3) is 0 Å². The molecule has 0 radical (unpaired) electrons. The van der Waals surface area contributed by atoms with Crippen molar-refractivity contribution in [2.24, 2.45) is 0 Å². The summed E-state index contributed by atoms with van der Waals surface area (Å²) in [6.07, 6.45) is 2.89. The van der Waals surface area contributed by atoms with Crippen LogP contribution in [0.2, 0.25) is 0 Å². The molecule has 2 atom stereocenters. The second kappa shape index (κ2) is 4.93. The van der Waals surface area contributed by atoms with Crippen LogP contribution in [0.1, 0.15) is 19.8 Å². The average molecular weight is 213 g/mol. The lowest BCUT2D eigenvalue weighted by Gasteiger charge is -2.25. The van der Waals surface area contributed by atoms with Gasteiger partial charge in [-0.3, -0.25) is 4.79 Å². The molecule has 5 nitrogen and oxygen atoms in total. The van der Waals surface area contributed by atoms with Crippen molar-refractivity contribution in [2.45, 2.75) is 31.9 Å². The summed E-state index contributed by atoms with van der Waals surface area (Å²) in [4.78, 5) is 23.3. The molecule has 0 aliphatic carbocycles. The molecule has 0 bridgehead atoms. The molecule has 2 N–H and O–H groups in total. The van der Waals surface area contributed by atoms with E-state index in [1.165, 1.54) is 4.90 Å². The van der Waals surface area contributed by atoms with Crippen molar-refractivity contribution in [3.8, 4) is 0 Å². The lowest BCUT2D eigenvalue weighted by molar-refractivity contribution is -0.132. The number of aliphatic carboxylic acids is 1. The van der Waals surface area contributed by atoms with E-state index in [1.807, 2.05) is 0 Å². The molecule has 0 spiro atoms. The Hall–Kier alpha value is -1.36. The monoisotopic (exact) mass is 213 g/mol. The number of aliphatic hydroxyl groups excluding tert-OH is 1. The van der Waals surface area contributed by atoms with Crippen LogP contribution in [-0.4, -0.2) is 45.7 Å². The first-order chi connectivity index (χ1) is 7.02. The van der Waals surface area contributed by atoms with E-state index in [9.17, 15) is 14.7 Å². The van der Waals surface area contributed by atoms with Gasteiger partial charge in [-0.1, -0.05) is 0 Å². The fraction of sp³-hybridized carbons (Fsp3) is 0.600. The summed E-state index contributed by atoms with van der Waals surface area (Å²) >= 11 is 0. The van der Waals surface area contributed by atoms with Gasteiger partial charge in [0.2, 0.25) is 5.91 Å². The Morgan fingerprint density at radius 1 is 1.47 bits per heavy atom. The number of carbonyl (C=O) groups excluding carboxylic acids is 1. The second-order valence-corrected chi connectivity index (χ2v) is 3.65. The van der Waals surface area contributed by atoms with Crippen molar-refractivity contribution in [1.82, 2.24) is 4.90 Å². The van der Waals surface area contributed by atoms with Gasteiger partial charge >= 0.3 is 5.97 Å². The summed E-state index contributed by atoms with van der Waals surface area (Å²) in [5.41, 5.74) is 0. The lowest BCUT2D eigenvalue weighted by Crippen LogP contribution is -2.40. The van der Waals surface area contributed by atoms with Crippen LogP contribution < -0.4 is 0 Å². The van der Waals surface area contributed by atoms with E-state index in [4.69, 9.17) is 5.11 Å². The van der Waals surface area contributed by atoms with E-state index in [0.29, 0.717) is 6.54 Å². The number of likely N-dealkylation sites (tertiary alicyclic amines) is 1. The third kappa shape index (κ3) is 3.06. The summed E-state index contributed by atoms with van der Waals surface area (Å²) in [5, 5.41) is 17.8. The molecule has 1 fully saturated rings. The van der Waals surface area contributed by atoms with E-state index >= 15 is 0 Å². The van der Waals surface area contributed by atoms with Crippen LogP contribution in [-0.2, 0) is 9.59 Å². The summed E-state index contributed by atoms with van der Waals surface area (Å²) in [6, 6.07) is -0.184. The second-order valence-electron chi connectivity index (χ2n) is 3.65. The van der Waals surface area contributed by atoms with Crippen molar-refractivity contribution in [1.29, 1.82) is 0 Å². The summed E-state index contributed by atoms with van der Waals surface area (Å²) < 4.78 is 0. The van der Waals surface area contributed by atoms with Gasteiger partial charge in [-0.15, -0.1) is 0 Å². The molecule has 1 saturated heterocycles. The summed E-state index contributed by atoms with van der Waals surface area (Å²) in [5.74, 6) is -1.49. The highest BCUT2D eigenvalue weighted by atomic mass is 16.4. The number of amides is 1. The Bertz CT molecular complexity index is 285. The maximum atomic E-state index is 11.5. The molecule has 1 rings (SSSR count). The number of carboxylic acid groups (broad SMARTS) is 1. The quantitative estimate of drug-likeness (QED) is 0.647. The van der Waals surface area contributed by atoms with Crippen LogP contribution in [0.5, 0.6) is 0 Å². The first-order valence-electron chi connectivity index (χ1n) is 4.92. The summed E-state index contributed by atoms with van der Waals surface area (Å²) in [6.45, 7) is 2.22. The van der Waals surface area contributed by atoms with Crippen LogP contribution in [0.15, 0.2) is 12.2 Å². The third-order valence-electron chi connectivity index (χ3n) is 2.51. The fourth-order valence-electron chi connectivity index (χ4n) is 1.81. The van der Waals surface area contributed by atoms with Crippen LogP contribution >= 0.6 is 0 Å². The van der Waals surface area contributed by atoms with Crippen molar-refractivity contribution in [3.63, 3.8) is 0 Å². The number of hydrogen-bond acceptors (Lipinski definition) is 3. The molecule has 1 aliphatic rings. The van der Waals surface area contributed by atoms with Crippen LogP contribution in [0, 0.1) is 0 Å². The molecule has 0 saturated carbocycles. The van der Waals surface area contributed by atoms with Gasteiger partial charge in [0.1, 0.15) is 0 Å². The molecule has 0 aromatic carbocycles. The largest absolute Gasteiger partial charge is 0.478 e. The molecule has 0 aromatic rings. The zero-order valence-corrected chi connectivity index (χ0v) is 8.59. The van der Waals surface area contributed by atoms with E-state index < -0.39 is 12.1 Å². The topological polar surface area (TPSA) is 77.8 Å². The SMILES string of the molecule is C[C@H](O)[C@H]1CCCN1C(=O)/C=C/C(=O)O. The molecule has 84 valence electrons. The van der Waals surface area contributed by atoms with Crippen LogP contribution in [0.3, 0.4) is 0 Å². The van der Waals surface area contributed by atoms with Gasteiger partial charge in [-0.25, -0.2) is 4.79 Å². The van der Waals surface area contributed by atoms with Crippen molar-refractivity contribution in [2.75, 3.05) is 6.54 Å². The number of nitrogens with zero attached hydrogens (tertiary/aromatic N) is 1. The van der Waals surface area contributed by atoms with Gasteiger partial charge < -0.3 is 15.1 Å². The molecule has 1 heterocycles. The normalized spacial score (nSPS) is 23.3. The molecule has 5 heteroatoms. The van der Waals surface area contributed by atoms with E-state index in [-0.39, 0.29) is 11.9 Å². The number of carbonyl (C=O) groups is 2. The maximum absolute atomic E-state index is 11.5. The number of aliphatic hydroxyl groups is 1. The minimum Gasteiger partial charge on any atom is -0.478 e. The van der Waals surface area contributed by atoms with E-state index in [2.05, 4.69) is 0 Å². The highest BCUT2D eigenvalue weighted by molar-refractivity contribution is 5.94. The van der Waals surface area contributed by atoms with Crippen LogP contribution in [0.4, 0.5) is 0 Å². The molecule has 1 aliphatic heterocycles. The first kappa shape index (κ1) is 11.7. The molecule has 15 heavy (non-hydrogen) atoms. The molecular weight excluding hydrogens is 198 g/mol. The Kier molecular flexibility index (Phi) is 3.85. The van der Waals surface area contributed by atoms with Gasteiger partial charge in [-0.05, 0) is 19.8 Å². The zero-order chi connectivity index (χ0) is 11.4. The fourth-order valence-corrected chi connectivity index (χ4v) is 1.81.